The Labute approximate surface area is 147 Å². The van der Waals surface area contributed by atoms with Crippen LogP contribution < -0.4 is 10.6 Å². The average Bonchev–Trinajstić information content (AvgIpc) is 2.51. The van der Waals surface area contributed by atoms with Crippen molar-refractivity contribution in [2.75, 3.05) is 19.4 Å². The number of carbonyl (C=O) groups excluding carboxylic acids is 2. The number of carbonyl (C=O) groups is 2. The molecule has 134 valence electrons. The van der Waals surface area contributed by atoms with E-state index in [1.807, 2.05) is 51.1 Å². The van der Waals surface area contributed by atoms with Crippen LogP contribution in [-0.2, 0) is 9.47 Å². The fourth-order valence-electron chi connectivity index (χ4n) is 1.75. The van der Waals surface area contributed by atoms with Crippen molar-refractivity contribution >= 4 is 23.9 Å². The van der Waals surface area contributed by atoms with Crippen molar-refractivity contribution in [3.8, 4) is 0 Å². The Hall–Kier alpha value is -1.89. The summed E-state index contributed by atoms with van der Waals surface area (Å²) >= 11 is 1.63. The van der Waals surface area contributed by atoms with Gasteiger partial charge in [-0.25, -0.2) is 9.59 Å². The standard InChI is InChI=1S/C17H26N2O4S/c1-17(2,3)23-16(21)19-13(10-11-22-15(20)18-4)12-24-14-8-6-5-7-9-14/h5-9,13H,10-12H2,1-4H3,(H,18,20)(H,19,21). The van der Waals surface area contributed by atoms with E-state index in [0.717, 1.165) is 4.90 Å². The molecule has 1 aromatic rings. The lowest BCUT2D eigenvalue weighted by Crippen LogP contribution is -2.41. The molecule has 0 aromatic heterocycles. The minimum absolute atomic E-state index is 0.172. The highest BCUT2D eigenvalue weighted by Crippen LogP contribution is 2.19. The molecule has 0 aliphatic rings. The molecule has 1 aromatic carbocycles. The molecule has 2 amide bonds. The van der Waals surface area contributed by atoms with Gasteiger partial charge in [-0.1, -0.05) is 18.2 Å². The van der Waals surface area contributed by atoms with Crippen molar-refractivity contribution < 1.29 is 19.1 Å². The zero-order chi connectivity index (χ0) is 18.0. The molecule has 7 heteroatoms. The predicted octanol–water partition coefficient (Wildman–Crippen LogP) is 3.42. The van der Waals surface area contributed by atoms with Gasteiger partial charge in [0.25, 0.3) is 0 Å². The van der Waals surface area contributed by atoms with Gasteiger partial charge in [0.15, 0.2) is 0 Å². The third kappa shape index (κ3) is 9.29. The summed E-state index contributed by atoms with van der Waals surface area (Å²) in [5.74, 6) is 0.653. The molecule has 0 aliphatic heterocycles. The molecule has 0 spiro atoms. The van der Waals surface area contributed by atoms with Crippen LogP contribution in [0.25, 0.3) is 0 Å². The van der Waals surface area contributed by atoms with E-state index in [-0.39, 0.29) is 12.6 Å². The Morgan fingerprint density at radius 1 is 1.17 bits per heavy atom. The van der Waals surface area contributed by atoms with Crippen LogP contribution in [0.3, 0.4) is 0 Å². The Kier molecular flexibility index (Phi) is 8.46. The van der Waals surface area contributed by atoms with Gasteiger partial charge in [-0.2, -0.15) is 0 Å². The van der Waals surface area contributed by atoms with Crippen molar-refractivity contribution in [3.63, 3.8) is 0 Å². The number of thioether (sulfide) groups is 1. The number of benzene rings is 1. The Balaban J connectivity index is 2.54. The summed E-state index contributed by atoms with van der Waals surface area (Å²) in [4.78, 5) is 24.2. The monoisotopic (exact) mass is 354 g/mol. The molecule has 6 nitrogen and oxygen atoms in total. The SMILES string of the molecule is CNC(=O)OCCC(CSc1ccccc1)NC(=O)OC(C)(C)C. The maximum absolute atomic E-state index is 12.0. The average molecular weight is 354 g/mol. The minimum atomic E-state index is -0.556. The van der Waals surface area contributed by atoms with Gasteiger partial charge < -0.3 is 20.1 Å². The molecule has 0 radical (unpaired) electrons. The van der Waals surface area contributed by atoms with E-state index in [4.69, 9.17) is 9.47 Å². The van der Waals surface area contributed by atoms with Crippen molar-refractivity contribution in [2.24, 2.45) is 0 Å². The van der Waals surface area contributed by atoms with Crippen LogP contribution in [0.1, 0.15) is 27.2 Å². The molecular formula is C17H26N2O4S. The number of hydrogen-bond acceptors (Lipinski definition) is 5. The maximum Gasteiger partial charge on any atom is 0.407 e. The molecule has 0 bridgehead atoms. The molecule has 1 unspecified atom stereocenters. The smallest absolute Gasteiger partial charge is 0.407 e. The van der Waals surface area contributed by atoms with E-state index in [1.54, 1.807) is 11.8 Å². The van der Waals surface area contributed by atoms with E-state index in [1.165, 1.54) is 7.05 Å². The summed E-state index contributed by atoms with van der Waals surface area (Å²) in [7, 11) is 1.50. The third-order valence-electron chi connectivity index (χ3n) is 2.82. The summed E-state index contributed by atoms with van der Waals surface area (Å²) in [6.07, 6.45) is -0.449. The number of hydrogen-bond donors (Lipinski definition) is 2. The van der Waals surface area contributed by atoms with Gasteiger partial charge in [0.2, 0.25) is 0 Å². The van der Waals surface area contributed by atoms with E-state index < -0.39 is 17.8 Å². The predicted molar refractivity (Wildman–Crippen MR) is 95.3 cm³/mol. The molecule has 0 saturated carbocycles. The van der Waals surface area contributed by atoms with Gasteiger partial charge in [-0.05, 0) is 32.9 Å². The van der Waals surface area contributed by atoms with Crippen LogP contribution in [-0.4, -0.2) is 43.2 Å². The number of ether oxygens (including phenoxy) is 2. The zero-order valence-corrected chi connectivity index (χ0v) is 15.4. The van der Waals surface area contributed by atoms with Gasteiger partial charge in [-0.15, -0.1) is 11.8 Å². The Morgan fingerprint density at radius 2 is 1.83 bits per heavy atom. The van der Waals surface area contributed by atoms with Crippen molar-refractivity contribution in [2.45, 2.75) is 43.7 Å². The topological polar surface area (TPSA) is 76.7 Å². The second-order valence-electron chi connectivity index (χ2n) is 6.14. The highest BCUT2D eigenvalue weighted by molar-refractivity contribution is 7.99. The molecule has 0 fully saturated rings. The Bertz CT molecular complexity index is 517. The molecule has 2 N–H and O–H groups in total. The fraction of sp³-hybridized carbons (Fsp3) is 0.529. The van der Waals surface area contributed by atoms with Crippen molar-refractivity contribution in [3.05, 3.63) is 30.3 Å². The highest BCUT2D eigenvalue weighted by Gasteiger charge is 2.20. The normalized spacial score (nSPS) is 12.2. The van der Waals surface area contributed by atoms with E-state index in [0.29, 0.717) is 12.2 Å². The molecule has 0 saturated heterocycles. The largest absolute Gasteiger partial charge is 0.449 e. The molecule has 24 heavy (non-hydrogen) atoms. The van der Waals surface area contributed by atoms with E-state index in [2.05, 4.69) is 10.6 Å². The molecule has 1 rings (SSSR count). The minimum Gasteiger partial charge on any atom is -0.449 e. The van der Waals surface area contributed by atoms with E-state index in [9.17, 15) is 9.59 Å². The summed E-state index contributed by atoms with van der Waals surface area (Å²) < 4.78 is 10.3. The first-order valence-electron chi connectivity index (χ1n) is 7.82. The number of amides is 2. The molecule has 0 heterocycles. The lowest BCUT2D eigenvalue weighted by atomic mass is 10.2. The van der Waals surface area contributed by atoms with Crippen LogP contribution in [0.5, 0.6) is 0 Å². The first-order valence-corrected chi connectivity index (χ1v) is 8.80. The van der Waals surface area contributed by atoms with Gasteiger partial charge in [-0.3, -0.25) is 0 Å². The second kappa shape index (κ2) is 10.1. The quantitative estimate of drug-likeness (QED) is 0.734. The first kappa shape index (κ1) is 20.2. The highest BCUT2D eigenvalue weighted by atomic mass is 32.2. The van der Waals surface area contributed by atoms with Gasteiger partial charge >= 0.3 is 12.2 Å². The summed E-state index contributed by atoms with van der Waals surface area (Å²) in [5, 5.41) is 5.23. The van der Waals surface area contributed by atoms with Crippen LogP contribution in [0.4, 0.5) is 9.59 Å². The second-order valence-corrected chi connectivity index (χ2v) is 7.24. The van der Waals surface area contributed by atoms with Crippen molar-refractivity contribution in [1.82, 2.24) is 10.6 Å². The number of alkyl carbamates (subject to hydrolysis) is 2. The Morgan fingerprint density at radius 3 is 2.42 bits per heavy atom. The van der Waals surface area contributed by atoms with Gasteiger partial charge in [0.1, 0.15) is 5.60 Å². The lowest BCUT2D eigenvalue weighted by molar-refractivity contribution is 0.0502. The van der Waals surface area contributed by atoms with Crippen LogP contribution in [0.2, 0.25) is 0 Å². The molecular weight excluding hydrogens is 328 g/mol. The lowest BCUT2D eigenvalue weighted by Gasteiger charge is -2.23. The van der Waals surface area contributed by atoms with E-state index >= 15 is 0 Å². The summed E-state index contributed by atoms with van der Waals surface area (Å²) in [6.45, 7) is 5.66. The summed E-state index contributed by atoms with van der Waals surface area (Å²) in [5.41, 5.74) is -0.556. The molecule has 0 aliphatic carbocycles. The van der Waals surface area contributed by atoms with Gasteiger partial charge in [0, 0.05) is 30.2 Å². The summed E-state index contributed by atoms with van der Waals surface area (Å²) in [6, 6.07) is 9.74. The molecule has 1 atom stereocenters. The third-order valence-corrected chi connectivity index (χ3v) is 3.99. The van der Waals surface area contributed by atoms with Crippen LogP contribution >= 0.6 is 11.8 Å². The number of nitrogens with one attached hydrogen (secondary N) is 2. The van der Waals surface area contributed by atoms with Gasteiger partial charge in [0.05, 0.1) is 6.61 Å². The fourth-order valence-corrected chi connectivity index (χ4v) is 2.74. The van der Waals surface area contributed by atoms with Crippen LogP contribution in [0, 0.1) is 0 Å². The maximum atomic E-state index is 12.0. The first-order chi connectivity index (χ1) is 11.3. The zero-order valence-electron chi connectivity index (χ0n) is 14.6. The van der Waals surface area contributed by atoms with Crippen molar-refractivity contribution in [1.29, 1.82) is 0 Å². The van der Waals surface area contributed by atoms with Crippen LogP contribution in [0.15, 0.2) is 35.2 Å². The number of rotatable bonds is 7.